The number of hydrogen-bond acceptors (Lipinski definition) is 4. The van der Waals surface area contributed by atoms with Gasteiger partial charge < -0.3 is 14.8 Å². The van der Waals surface area contributed by atoms with E-state index in [2.05, 4.69) is 24.1 Å². The van der Waals surface area contributed by atoms with E-state index >= 15 is 0 Å². The van der Waals surface area contributed by atoms with Gasteiger partial charge >= 0.3 is 0 Å². The summed E-state index contributed by atoms with van der Waals surface area (Å²) in [6.07, 6.45) is 7.41. The molecule has 2 aliphatic rings. The first kappa shape index (κ1) is 23.1. The van der Waals surface area contributed by atoms with Crippen LogP contribution in [0.2, 0.25) is 0 Å². The molecule has 1 aromatic rings. The van der Waals surface area contributed by atoms with E-state index in [0.717, 1.165) is 55.5 Å². The van der Waals surface area contributed by atoms with Gasteiger partial charge in [-0.3, -0.25) is 9.69 Å². The van der Waals surface area contributed by atoms with E-state index in [1.165, 1.54) is 32.4 Å². The van der Waals surface area contributed by atoms with Crippen LogP contribution in [-0.4, -0.2) is 49.3 Å². The summed E-state index contributed by atoms with van der Waals surface area (Å²) in [5.41, 5.74) is 0.123. The van der Waals surface area contributed by atoms with Crippen molar-refractivity contribution in [1.29, 1.82) is 0 Å². The van der Waals surface area contributed by atoms with Crippen LogP contribution in [0.3, 0.4) is 0 Å². The van der Waals surface area contributed by atoms with Crippen LogP contribution in [0.1, 0.15) is 65.7 Å². The number of anilines is 1. The normalized spacial score (nSPS) is 24.8. The minimum Gasteiger partial charge on any atom is -0.492 e. The van der Waals surface area contributed by atoms with Crippen molar-refractivity contribution in [3.05, 3.63) is 24.3 Å². The number of nitrogens with one attached hydrogen (secondary N) is 1. The van der Waals surface area contributed by atoms with E-state index in [4.69, 9.17) is 9.47 Å². The van der Waals surface area contributed by atoms with Gasteiger partial charge in [-0.25, -0.2) is 0 Å². The number of carbonyl (C=O) groups is 1. The largest absolute Gasteiger partial charge is 0.492 e. The topological polar surface area (TPSA) is 50.8 Å². The SMILES string of the molecule is CCOC1(C(=O)Nc2ccc(OCCN3C[C@@H](C)C[C@H](C)C3)cc2)CCCCCC1. The Labute approximate surface area is 182 Å². The Kier molecular flexibility index (Phi) is 8.58. The van der Waals surface area contributed by atoms with E-state index < -0.39 is 5.60 Å². The second-order valence-electron chi connectivity index (χ2n) is 9.37. The minimum absolute atomic E-state index is 0.00624. The quantitative estimate of drug-likeness (QED) is 0.598. The van der Waals surface area contributed by atoms with Gasteiger partial charge in [-0.2, -0.15) is 0 Å². The number of piperidine rings is 1. The number of rotatable bonds is 8. The Hall–Kier alpha value is -1.59. The summed E-state index contributed by atoms with van der Waals surface area (Å²) in [7, 11) is 0. The average molecular weight is 417 g/mol. The summed E-state index contributed by atoms with van der Waals surface area (Å²) in [5.74, 6) is 2.38. The van der Waals surface area contributed by atoms with E-state index in [1.54, 1.807) is 0 Å². The smallest absolute Gasteiger partial charge is 0.256 e. The van der Waals surface area contributed by atoms with Gasteiger partial charge in [0, 0.05) is 31.9 Å². The molecule has 0 spiro atoms. The first-order valence-electron chi connectivity index (χ1n) is 11.9. The molecule has 168 valence electrons. The zero-order valence-corrected chi connectivity index (χ0v) is 19.1. The van der Waals surface area contributed by atoms with Crippen molar-refractivity contribution >= 4 is 11.6 Å². The Morgan fingerprint density at radius 3 is 2.30 bits per heavy atom. The molecule has 5 nitrogen and oxygen atoms in total. The molecule has 1 heterocycles. The van der Waals surface area contributed by atoms with Gasteiger partial charge in [-0.1, -0.05) is 39.5 Å². The standard InChI is InChI=1S/C25H40N2O3/c1-4-30-25(13-7-5-6-8-14-25)24(28)26-22-9-11-23(12-10-22)29-16-15-27-18-20(2)17-21(3)19-27/h9-12,20-21H,4-8,13-19H2,1-3H3,(H,26,28)/t20-,21-/m0/s1. The number of nitrogens with zero attached hydrogens (tertiary/aromatic N) is 1. The maximum atomic E-state index is 13.0. The summed E-state index contributed by atoms with van der Waals surface area (Å²) in [4.78, 5) is 15.6. The van der Waals surface area contributed by atoms with Crippen LogP contribution in [0.5, 0.6) is 5.75 Å². The zero-order valence-electron chi connectivity index (χ0n) is 19.1. The lowest BCUT2D eigenvalue weighted by Gasteiger charge is -2.34. The molecule has 0 aromatic heterocycles. The monoisotopic (exact) mass is 416 g/mol. The fourth-order valence-corrected chi connectivity index (χ4v) is 5.16. The third kappa shape index (κ3) is 6.45. The third-order valence-electron chi connectivity index (χ3n) is 6.48. The minimum atomic E-state index is -0.677. The summed E-state index contributed by atoms with van der Waals surface area (Å²) >= 11 is 0. The number of amides is 1. The summed E-state index contributed by atoms with van der Waals surface area (Å²) in [6, 6.07) is 7.73. The predicted molar refractivity (Wildman–Crippen MR) is 122 cm³/mol. The van der Waals surface area contributed by atoms with Crippen LogP contribution in [0.4, 0.5) is 5.69 Å². The molecule has 1 aliphatic carbocycles. The highest BCUT2D eigenvalue weighted by molar-refractivity contribution is 5.97. The Morgan fingerprint density at radius 1 is 1.07 bits per heavy atom. The first-order chi connectivity index (χ1) is 14.5. The second-order valence-corrected chi connectivity index (χ2v) is 9.37. The van der Waals surface area contributed by atoms with E-state index in [-0.39, 0.29) is 5.91 Å². The lowest BCUT2D eigenvalue weighted by Crippen LogP contribution is -2.45. The van der Waals surface area contributed by atoms with Crippen molar-refractivity contribution in [2.45, 2.75) is 71.3 Å². The molecule has 1 aliphatic heterocycles. The maximum Gasteiger partial charge on any atom is 0.256 e. The predicted octanol–water partition coefficient (Wildman–Crippen LogP) is 5.11. The zero-order chi connectivity index (χ0) is 21.4. The average Bonchev–Trinajstić information content (AvgIpc) is 2.95. The Bertz CT molecular complexity index is 643. The van der Waals surface area contributed by atoms with Crippen LogP contribution < -0.4 is 10.1 Å². The summed E-state index contributed by atoms with van der Waals surface area (Å²) in [6.45, 7) is 11.2. The molecule has 1 amide bonds. The molecule has 3 rings (SSSR count). The molecule has 1 aromatic carbocycles. The van der Waals surface area contributed by atoms with Gasteiger partial charge in [-0.05, 0) is 62.3 Å². The van der Waals surface area contributed by atoms with Gasteiger partial charge in [0.15, 0.2) is 0 Å². The molecule has 2 fully saturated rings. The lowest BCUT2D eigenvalue weighted by molar-refractivity contribution is -0.143. The van der Waals surface area contributed by atoms with Crippen LogP contribution in [-0.2, 0) is 9.53 Å². The highest BCUT2D eigenvalue weighted by atomic mass is 16.5. The van der Waals surface area contributed by atoms with Crippen LogP contribution in [0.15, 0.2) is 24.3 Å². The van der Waals surface area contributed by atoms with Gasteiger partial charge in [-0.15, -0.1) is 0 Å². The molecule has 1 N–H and O–H groups in total. The fourth-order valence-electron chi connectivity index (χ4n) is 5.16. The van der Waals surface area contributed by atoms with Crippen molar-refractivity contribution in [3.8, 4) is 5.75 Å². The van der Waals surface area contributed by atoms with Crippen molar-refractivity contribution in [2.24, 2.45) is 11.8 Å². The summed E-state index contributed by atoms with van der Waals surface area (Å²) in [5, 5.41) is 3.08. The fraction of sp³-hybridized carbons (Fsp3) is 0.720. The Morgan fingerprint density at radius 2 is 1.70 bits per heavy atom. The molecule has 0 radical (unpaired) electrons. The van der Waals surface area contributed by atoms with Crippen molar-refractivity contribution < 1.29 is 14.3 Å². The third-order valence-corrected chi connectivity index (χ3v) is 6.48. The number of ether oxygens (including phenoxy) is 2. The van der Waals surface area contributed by atoms with E-state index in [0.29, 0.717) is 13.2 Å². The lowest BCUT2D eigenvalue weighted by atomic mass is 9.92. The molecular formula is C25H40N2O3. The highest BCUT2D eigenvalue weighted by Crippen LogP contribution is 2.32. The summed E-state index contributed by atoms with van der Waals surface area (Å²) < 4.78 is 11.9. The molecule has 0 unspecified atom stereocenters. The molecule has 30 heavy (non-hydrogen) atoms. The highest BCUT2D eigenvalue weighted by Gasteiger charge is 2.39. The number of carbonyl (C=O) groups excluding carboxylic acids is 1. The maximum absolute atomic E-state index is 13.0. The van der Waals surface area contributed by atoms with Crippen molar-refractivity contribution in [1.82, 2.24) is 4.90 Å². The molecule has 0 bridgehead atoms. The van der Waals surface area contributed by atoms with Crippen LogP contribution >= 0.6 is 0 Å². The van der Waals surface area contributed by atoms with Gasteiger partial charge in [0.25, 0.3) is 5.91 Å². The van der Waals surface area contributed by atoms with Gasteiger partial charge in [0.2, 0.25) is 0 Å². The molecule has 1 saturated heterocycles. The Balaban J connectivity index is 1.49. The molecule has 5 heteroatoms. The van der Waals surface area contributed by atoms with Crippen molar-refractivity contribution in [2.75, 3.05) is 38.2 Å². The van der Waals surface area contributed by atoms with Crippen LogP contribution in [0.25, 0.3) is 0 Å². The molecule has 1 saturated carbocycles. The van der Waals surface area contributed by atoms with Crippen molar-refractivity contribution in [3.63, 3.8) is 0 Å². The first-order valence-corrected chi connectivity index (χ1v) is 11.9. The van der Waals surface area contributed by atoms with Gasteiger partial charge in [0.05, 0.1) is 0 Å². The second kappa shape index (κ2) is 11.1. The van der Waals surface area contributed by atoms with E-state index in [1.807, 2.05) is 31.2 Å². The number of hydrogen-bond donors (Lipinski definition) is 1. The molecule has 2 atom stereocenters. The number of benzene rings is 1. The van der Waals surface area contributed by atoms with E-state index in [9.17, 15) is 4.79 Å². The van der Waals surface area contributed by atoms with Crippen LogP contribution in [0, 0.1) is 11.8 Å². The van der Waals surface area contributed by atoms with Gasteiger partial charge in [0.1, 0.15) is 18.0 Å². The molecular weight excluding hydrogens is 376 g/mol. The number of likely N-dealkylation sites (tertiary alicyclic amines) is 1.